The molecule has 2 aromatic rings. The molecule has 1 heterocycles. The van der Waals surface area contributed by atoms with Gasteiger partial charge in [0.25, 0.3) is 0 Å². The second-order valence-electron chi connectivity index (χ2n) is 3.86. The maximum Gasteiger partial charge on any atom is 0.170 e. The van der Waals surface area contributed by atoms with Crippen molar-refractivity contribution >= 4 is 0 Å². The van der Waals surface area contributed by atoms with E-state index in [0.29, 0.717) is 12.4 Å². The number of para-hydroxylation sites is 1. The van der Waals surface area contributed by atoms with Crippen LogP contribution in [0.3, 0.4) is 0 Å². The maximum atomic E-state index is 9.60. The van der Waals surface area contributed by atoms with Crippen LogP contribution < -0.4 is 4.74 Å². The Balaban J connectivity index is 2.11. The summed E-state index contributed by atoms with van der Waals surface area (Å²) in [5.74, 6) is 1.41. The fourth-order valence-electron chi connectivity index (χ4n) is 1.54. The van der Waals surface area contributed by atoms with E-state index in [9.17, 15) is 5.11 Å². The largest absolute Gasteiger partial charge is 0.485 e. The Kier molecular flexibility index (Phi) is 3.39. The summed E-state index contributed by atoms with van der Waals surface area (Å²) in [5, 5.41) is 17.3. The van der Waals surface area contributed by atoms with Crippen molar-refractivity contribution in [1.29, 1.82) is 0 Å². The third-order valence-corrected chi connectivity index (χ3v) is 2.53. The zero-order valence-corrected chi connectivity index (χ0v) is 9.87. The van der Waals surface area contributed by atoms with Crippen molar-refractivity contribution in [2.75, 3.05) is 0 Å². The van der Waals surface area contributed by atoms with E-state index < -0.39 is 6.10 Å². The van der Waals surface area contributed by atoms with Crippen molar-refractivity contribution in [2.24, 2.45) is 7.05 Å². The van der Waals surface area contributed by atoms with Gasteiger partial charge in [-0.1, -0.05) is 18.2 Å². The number of aromatic nitrogens is 3. The zero-order valence-electron chi connectivity index (χ0n) is 9.87. The molecule has 0 bridgehead atoms. The molecule has 1 aromatic heterocycles. The number of benzene rings is 1. The monoisotopic (exact) mass is 233 g/mol. The molecule has 0 unspecified atom stereocenters. The Labute approximate surface area is 99.7 Å². The number of hydrogen-bond acceptors (Lipinski definition) is 4. The van der Waals surface area contributed by atoms with Crippen LogP contribution in [0.4, 0.5) is 0 Å². The molecule has 0 fully saturated rings. The van der Waals surface area contributed by atoms with E-state index in [1.807, 2.05) is 31.3 Å². The lowest BCUT2D eigenvalue weighted by molar-refractivity contribution is 0.189. The fraction of sp³-hybridized carbons (Fsp3) is 0.333. The van der Waals surface area contributed by atoms with E-state index in [4.69, 9.17) is 4.74 Å². The highest BCUT2D eigenvalue weighted by atomic mass is 16.5. The van der Waals surface area contributed by atoms with Crippen LogP contribution in [0.2, 0.25) is 0 Å². The average molecular weight is 233 g/mol. The first-order chi connectivity index (χ1) is 8.18. The minimum atomic E-state index is -0.550. The first kappa shape index (κ1) is 11.6. The number of aryl methyl sites for hydroxylation is 1. The molecule has 2 rings (SSSR count). The lowest BCUT2D eigenvalue weighted by Crippen LogP contribution is -2.05. The van der Waals surface area contributed by atoms with Gasteiger partial charge in [-0.3, -0.25) is 0 Å². The van der Waals surface area contributed by atoms with Crippen LogP contribution >= 0.6 is 0 Å². The Morgan fingerprint density at radius 1 is 1.41 bits per heavy atom. The van der Waals surface area contributed by atoms with Crippen molar-refractivity contribution in [1.82, 2.24) is 14.8 Å². The van der Waals surface area contributed by atoms with Gasteiger partial charge in [0.05, 0.1) is 6.10 Å². The van der Waals surface area contributed by atoms with Crippen LogP contribution in [-0.4, -0.2) is 19.9 Å². The first-order valence-corrected chi connectivity index (χ1v) is 5.41. The van der Waals surface area contributed by atoms with Gasteiger partial charge in [0.15, 0.2) is 5.82 Å². The van der Waals surface area contributed by atoms with Crippen molar-refractivity contribution in [3.05, 3.63) is 42.0 Å². The maximum absolute atomic E-state index is 9.60. The average Bonchev–Trinajstić information content (AvgIpc) is 2.72. The molecule has 1 atom stereocenters. The summed E-state index contributed by atoms with van der Waals surface area (Å²) in [6.07, 6.45) is 1.07. The van der Waals surface area contributed by atoms with Crippen LogP contribution in [0.1, 0.15) is 24.4 Å². The Morgan fingerprint density at radius 3 is 2.82 bits per heavy atom. The van der Waals surface area contributed by atoms with Gasteiger partial charge in [-0.15, -0.1) is 10.2 Å². The molecule has 5 heteroatoms. The molecule has 0 aliphatic carbocycles. The Morgan fingerprint density at radius 2 is 2.18 bits per heavy atom. The molecule has 17 heavy (non-hydrogen) atoms. The summed E-state index contributed by atoms with van der Waals surface area (Å²) in [4.78, 5) is 0. The fourth-order valence-corrected chi connectivity index (χ4v) is 1.54. The van der Waals surface area contributed by atoms with Crippen molar-refractivity contribution in [2.45, 2.75) is 19.6 Å². The van der Waals surface area contributed by atoms with E-state index in [0.717, 1.165) is 11.4 Å². The van der Waals surface area contributed by atoms with Gasteiger partial charge in [-0.25, -0.2) is 0 Å². The van der Waals surface area contributed by atoms with Gasteiger partial charge in [0.2, 0.25) is 0 Å². The lowest BCUT2D eigenvalue weighted by atomic mass is 10.1. The Hall–Kier alpha value is -1.88. The molecular formula is C12H15N3O2. The molecule has 1 aromatic carbocycles. The predicted molar refractivity (Wildman–Crippen MR) is 62.4 cm³/mol. The number of nitrogens with zero attached hydrogens (tertiary/aromatic N) is 3. The molecule has 5 nitrogen and oxygen atoms in total. The Bertz CT molecular complexity index is 494. The first-order valence-electron chi connectivity index (χ1n) is 5.41. The van der Waals surface area contributed by atoms with Crippen molar-refractivity contribution < 1.29 is 9.84 Å². The van der Waals surface area contributed by atoms with Gasteiger partial charge in [-0.2, -0.15) is 0 Å². The topological polar surface area (TPSA) is 60.2 Å². The number of hydrogen-bond donors (Lipinski definition) is 1. The zero-order chi connectivity index (χ0) is 12.3. The number of ether oxygens (including phenoxy) is 1. The highest BCUT2D eigenvalue weighted by molar-refractivity contribution is 5.34. The van der Waals surface area contributed by atoms with Crippen LogP contribution in [-0.2, 0) is 13.7 Å². The van der Waals surface area contributed by atoms with Crippen LogP contribution in [0, 0.1) is 0 Å². The standard InChI is InChI=1S/C12H15N3O2/c1-9(16)10-5-3-4-6-11(10)17-7-12-14-13-8-15(12)2/h3-6,8-9,16H,7H2,1-2H3/t9-/m0/s1. The van der Waals surface area contributed by atoms with Crippen LogP contribution in [0.25, 0.3) is 0 Å². The molecule has 90 valence electrons. The molecule has 0 aliphatic heterocycles. The van der Waals surface area contributed by atoms with Gasteiger partial charge >= 0.3 is 0 Å². The van der Waals surface area contributed by atoms with Crippen molar-refractivity contribution in [3.8, 4) is 5.75 Å². The van der Waals surface area contributed by atoms with Gasteiger partial charge in [-0.05, 0) is 13.0 Å². The summed E-state index contributed by atoms with van der Waals surface area (Å²) < 4.78 is 7.44. The number of rotatable bonds is 4. The molecule has 0 amide bonds. The molecule has 0 aliphatic rings. The quantitative estimate of drug-likeness (QED) is 0.868. The third-order valence-electron chi connectivity index (χ3n) is 2.53. The minimum Gasteiger partial charge on any atom is -0.485 e. The molecule has 0 spiro atoms. The minimum absolute atomic E-state index is 0.334. The third kappa shape index (κ3) is 2.62. The van der Waals surface area contributed by atoms with Crippen LogP contribution in [0.5, 0.6) is 5.75 Å². The van der Waals surface area contributed by atoms with E-state index in [-0.39, 0.29) is 0 Å². The summed E-state index contributed by atoms with van der Waals surface area (Å²) in [5.41, 5.74) is 0.773. The van der Waals surface area contributed by atoms with Gasteiger partial charge < -0.3 is 14.4 Å². The normalized spacial score (nSPS) is 12.4. The summed E-state index contributed by atoms with van der Waals surface area (Å²) in [7, 11) is 1.86. The molecular weight excluding hydrogens is 218 g/mol. The molecule has 0 radical (unpaired) electrons. The second kappa shape index (κ2) is 4.97. The summed E-state index contributed by atoms with van der Waals surface area (Å²) in [6, 6.07) is 7.42. The van der Waals surface area contributed by atoms with Crippen LogP contribution in [0.15, 0.2) is 30.6 Å². The lowest BCUT2D eigenvalue weighted by Gasteiger charge is -2.12. The SMILES string of the molecule is C[C@H](O)c1ccccc1OCc1nncn1C. The number of aliphatic hydroxyl groups is 1. The van der Waals surface area contributed by atoms with Crippen molar-refractivity contribution in [3.63, 3.8) is 0 Å². The highest BCUT2D eigenvalue weighted by Gasteiger charge is 2.09. The summed E-state index contributed by atoms with van der Waals surface area (Å²) >= 11 is 0. The van der Waals surface area contributed by atoms with E-state index >= 15 is 0 Å². The smallest absolute Gasteiger partial charge is 0.170 e. The van der Waals surface area contributed by atoms with Gasteiger partial charge in [0, 0.05) is 12.6 Å². The van der Waals surface area contributed by atoms with E-state index in [2.05, 4.69) is 10.2 Å². The molecule has 0 saturated heterocycles. The second-order valence-corrected chi connectivity index (χ2v) is 3.86. The van der Waals surface area contributed by atoms with Gasteiger partial charge in [0.1, 0.15) is 18.7 Å². The highest BCUT2D eigenvalue weighted by Crippen LogP contribution is 2.24. The number of aliphatic hydroxyl groups excluding tert-OH is 1. The predicted octanol–water partition coefficient (Wildman–Crippen LogP) is 1.45. The van der Waals surface area contributed by atoms with E-state index in [1.165, 1.54) is 0 Å². The van der Waals surface area contributed by atoms with E-state index in [1.54, 1.807) is 17.8 Å². The molecule has 1 N–H and O–H groups in total. The molecule has 0 saturated carbocycles. The summed E-state index contributed by atoms with van der Waals surface area (Å²) in [6.45, 7) is 2.05.